The largest absolute Gasteiger partial charge is 0.493 e. The first-order valence-corrected chi connectivity index (χ1v) is 6.46. The van der Waals surface area contributed by atoms with Crippen molar-refractivity contribution in [1.29, 1.82) is 0 Å². The highest BCUT2D eigenvalue weighted by molar-refractivity contribution is 9.09. The molecule has 4 nitrogen and oxygen atoms in total. The molecule has 0 unspecified atom stereocenters. The van der Waals surface area contributed by atoms with E-state index in [1.54, 1.807) is 25.3 Å². The fraction of sp³-hybridized carbons (Fsp3) is 0.417. The summed E-state index contributed by atoms with van der Waals surface area (Å²) in [6.07, 6.45) is 0. The average Bonchev–Trinajstić information content (AvgIpc) is 2.37. The molecule has 1 aromatic carbocycles. The second-order valence-corrected chi connectivity index (χ2v) is 4.11. The Labute approximate surface area is 109 Å². The van der Waals surface area contributed by atoms with Gasteiger partial charge in [-0.3, -0.25) is 4.79 Å². The second kappa shape index (κ2) is 8.08. The van der Waals surface area contributed by atoms with Crippen molar-refractivity contribution in [2.75, 3.05) is 32.2 Å². The lowest BCUT2D eigenvalue weighted by Gasteiger charge is -2.07. The summed E-state index contributed by atoms with van der Waals surface area (Å²) in [6.45, 7) is 1.59. The Hall–Kier alpha value is -1.07. The normalized spacial score (nSPS) is 10.0. The third-order valence-electron chi connectivity index (χ3n) is 2.03. The average molecular weight is 302 g/mol. The molecule has 0 saturated carbocycles. The molecule has 0 fully saturated rings. The number of hydrogen-bond acceptors (Lipinski definition) is 3. The van der Waals surface area contributed by atoms with Crippen LogP contribution in [0.1, 0.15) is 10.4 Å². The fourth-order valence-electron chi connectivity index (χ4n) is 1.25. The number of amides is 1. The summed E-state index contributed by atoms with van der Waals surface area (Å²) in [7, 11) is 1.60. The van der Waals surface area contributed by atoms with Crippen LogP contribution in [0.2, 0.25) is 0 Å². The molecule has 0 atom stereocenters. The Kier molecular flexibility index (Phi) is 6.65. The van der Waals surface area contributed by atoms with Gasteiger partial charge in [0.25, 0.3) is 5.91 Å². The van der Waals surface area contributed by atoms with Crippen LogP contribution in [0.25, 0.3) is 0 Å². The molecule has 1 aromatic rings. The van der Waals surface area contributed by atoms with Gasteiger partial charge < -0.3 is 14.8 Å². The molecule has 1 N–H and O–H groups in total. The van der Waals surface area contributed by atoms with E-state index in [-0.39, 0.29) is 5.91 Å². The first-order chi connectivity index (χ1) is 8.27. The molecule has 0 bridgehead atoms. The summed E-state index contributed by atoms with van der Waals surface area (Å²) >= 11 is 3.28. The maximum atomic E-state index is 11.7. The Balaban J connectivity index is 2.54. The summed E-state index contributed by atoms with van der Waals surface area (Å²) < 4.78 is 10.3. The van der Waals surface area contributed by atoms with Gasteiger partial charge in [0, 0.05) is 24.5 Å². The molecule has 0 heterocycles. The van der Waals surface area contributed by atoms with E-state index in [2.05, 4.69) is 21.2 Å². The van der Waals surface area contributed by atoms with Gasteiger partial charge in [0.05, 0.1) is 13.2 Å². The van der Waals surface area contributed by atoms with Crippen molar-refractivity contribution in [2.24, 2.45) is 0 Å². The smallest absolute Gasteiger partial charge is 0.251 e. The molecule has 0 aliphatic carbocycles. The first-order valence-electron chi connectivity index (χ1n) is 5.34. The molecule has 1 rings (SSSR count). The van der Waals surface area contributed by atoms with Crippen molar-refractivity contribution in [3.05, 3.63) is 29.8 Å². The van der Waals surface area contributed by atoms with Crippen molar-refractivity contribution in [3.8, 4) is 5.75 Å². The van der Waals surface area contributed by atoms with Crippen molar-refractivity contribution in [1.82, 2.24) is 5.32 Å². The lowest BCUT2D eigenvalue weighted by atomic mass is 10.2. The summed E-state index contributed by atoms with van der Waals surface area (Å²) in [5.74, 6) is 0.579. The molecule has 0 aromatic heterocycles. The number of halogens is 1. The van der Waals surface area contributed by atoms with Gasteiger partial charge in [0.1, 0.15) is 5.75 Å². The molecular weight excluding hydrogens is 286 g/mol. The van der Waals surface area contributed by atoms with E-state index in [9.17, 15) is 4.79 Å². The molecule has 0 aliphatic rings. The van der Waals surface area contributed by atoms with Gasteiger partial charge in [-0.25, -0.2) is 0 Å². The summed E-state index contributed by atoms with van der Waals surface area (Å²) in [6, 6.07) is 7.11. The molecule has 94 valence electrons. The highest BCUT2D eigenvalue weighted by Crippen LogP contribution is 2.13. The summed E-state index contributed by atoms with van der Waals surface area (Å²) in [5, 5.41) is 3.52. The lowest BCUT2D eigenvalue weighted by Crippen LogP contribution is -2.26. The third-order valence-corrected chi connectivity index (χ3v) is 2.36. The predicted molar refractivity (Wildman–Crippen MR) is 69.9 cm³/mol. The van der Waals surface area contributed by atoms with Gasteiger partial charge in [0.15, 0.2) is 0 Å². The van der Waals surface area contributed by atoms with E-state index in [1.165, 1.54) is 0 Å². The van der Waals surface area contributed by atoms with E-state index in [4.69, 9.17) is 9.47 Å². The zero-order chi connectivity index (χ0) is 12.5. The number of methoxy groups -OCH3 is 1. The number of alkyl halides is 1. The SMILES string of the molecule is COCCNC(=O)c1cccc(OCCBr)c1. The minimum absolute atomic E-state index is 0.119. The van der Waals surface area contributed by atoms with Gasteiger partial charge in [-0.2, -0.15) is 0 Å². The molecule has 17 heavy (non-hydrogen) atoms. The van der Waals surface area contributed by atoms with Gasteiger partial charge in [-0.15, -0.1) is 0 Å². The Morgan fingerprint density at radius 2 is 2.24 bits per heavy atom. The number of nitrogens with one attached hydrogen (secondary N) is 1. The number of rotatable bonds is 7. The standard InChI is InChI=1S/C12H16BrNO3/c1-16-8-6-14-12(15)10-3-2-4-11(9-10)17-7-5-13/h2-4,9H,5-8H2,1H3,(H,14,15). The fourth-order valence-corrected chi connectivity index (χ4v) is 1.41. The van der Waals surface area contributed by atoms with Crippen LogP contribution >= 0.6 is 15.9 Å². The molecule has 0 aliphatic heterocycles. The van der Waals surface area contributed by atoms with Gasteiger partial charge >= 0.3 is 0 Å². The van der Waals surface area contributed by atoms with Crippen molar-refractivity contribution in [3.63, 3.8) is 0 Å². The molecule has 0 saturated heterocycles. The van der Waals surface area contributed by atoms with E-state index < -0.39 is 0 Å². The number of carbonyl (C=O) groups is 1. The predicted octanol–water partition coefficient (Wildman–Crippen LogP) is 1.84. The maximum Gasteiger partial charge on any atom is 0.251 e. The van der Waals surface area contributed by atoms with Crippen LogP contribution in [0, 0.1) is 0 Å². The van der Waals surface area contributed by atoms with Gasteiger partial charge in [-0.1, -0.05) is 22.0 Å². The molecule has 0 radical (unpaired) electrons. The van der Waals surface area contributed by atoms with E-state index in [0.717, 1.165) is 5.33 Å². The van der Waals surface area contributed by atoms with Crippen molar-refractivity contribution < 1.29 is 14.3 Å². The van der Waals surface area contributed by atoms with Crippen LogP contribution < -0.4 is 10.1 Å². The third kappa shape index (κ3) is 5.19. The van der Waals surface area contributed by atoms with E-state index in [1.807, 2.05) is 6.07 Å². The molecule has 5 heteroatoms. The number of hydrogen-bond donors (Lipinski definition) is 1. The van der Waals surface area contributed by atoms with E-state index in [0.29, 0.717) is 31.1 Å². The molecular formula is C12H16BrNO3. The zero-order valence-corrected chi connectivity index (χ0v) is 11.3. The molecule has 1 amide bonds. The second-order valence-electron chi connectivity index (χ2n) is 3.31. The van der Waals surface area contributed by atoms with E-state index >= 15 is 0 Å². The Morgan fingerprint density at radius 1 is 1.41 bits per heavy atom. The van der Waals surface area contributed by atoms with Crippen LogP contribution in [0.3, 0.4) is 0 Å². The summed E-state index contributed by atoms with van der Waals surface area (Å²) in [4.78, 5) is 11.7. The minimum Gasteiger partial charge on any atom is -0.493 e. The highest BCUT2D eigenvalue weighted by Gasteiger charge is 2.05. The van der Waals surface area contributed by atoms with Crippen molar-refractivity contribution in [2.45, 2.75) is 0 Å². The number of ether oxygens (including phenoxy) is 2. The summed E-state index contributed by atoms with van der Waals surface area (Å²) in [5.41, 5.74) is 0.591. The zero-order valence-electron chi connectivity index (χ0n) is 9.74. The van der Waals surface area contributed by atoms with Crippen LogP contribution in [-0.4, -0.2) is 38.1 Å². The van der Waals surface area contributed by atoms with Crippen LogP contribution in [0.4, 0.5) is 0 Å². The Bertz CT molecular complexity index is 357. The van der Waals surface area contributed by atoms with Crippen LogP contribution in [-0.2, 0) is 4.74 Å². The van der Waals surface area contributed by atoms with Gasteiger partial charge in [-0.05, 0) is 18.2 Å². The maximum absolute atomic E-state index is 11.7. The monoisotopic (exact) mass is 301 g/mol. The number of carbonyl (C=O) groups excluding carboxylic acids is 1. The first kappa shape index (κ1) is 14.0. The minimum atomic E-state index is -0.119. The van der Waals surface area contributed by atoms with Crippen molar-refractivity contribution >= 4 is 21.8 Å². The molecule has 0 spiro atoms. The Morgan fingerprint density at radius 3 is 2.94 bits per heavy atom. The number of benzene rings is 1. The topological polar surface area (TPSA) is 47.6 Å². The quantitative estimate of drug-likeness (QED) is 0.617. The highest BCUT2D eigenvalue weighted by atomic mass is 79.9. The van der Waals surface area contributed by atoms with Gasteiger partial charge in [0.2, 0.25) is 0 Å². The van der Waals surface area contributed by atoms with Crippen LogP contribution in [0.15, 0.2) is 24.3 Å². The lowest BCUT2D eigenvalue weighted by molar-refractivity contribution is 0.0936. The van der Waals surface area contributed by atoms with Crippen LogP contribution in [0.5, 0.6) is 5.75 Å².